The Labute approximate surface area is 130 Å². The van der Waals surface area contributed by atoms with Gasteiger partial charge in [-0.25, -0.2) is 0 Å². The summed E-state index contributed by atoms with van der Waals surface area (Å²) in [6.07, 6.45) is 0. The first-order chi connectivity index (χ1) is 9.69. The molecule has 2 heterocycles. The Morgan fingerprint density at radius 2 is 1.81 bits per heavy atom. The molecule has 21 heavy (non-hydrogen) atoms. The normalized spacial score (nSPS) is 23.4. The molecular weight excluding hydrogens is 290 g/mol. The number of hydrogen-bond donors (Lipinski definition) is 2. The molecule has 2 amide bonds. The van der Waals surface area contributed by atoms with Gasteiger partial charge >= 0.3 is 0 Å². The van der Waals surface area contributed by atoms with Crippen molar-refractivity contribution in [3.63, 3.8) is 0 Å². The summed E-state index contributed by atoms with van der Waals surface area (Å²) in [7, 11) is 1.59. The fourth-order valence-corrected chi connectivity index (χ4v) is 3.14. The molecule has 5 nitrogen and oxygen atoms in total. The molecule has 0 aliphatic carbocycles. The molecule has 1 aromatic rings. The van der Waals surface area contributed by atoms with Gasteiger partial charge in [-0.05, 0) is 30.0 Å². The Kier molecular flexibility index (Phi) is 4.85. The van der Waals surface area contributed by atoms with Crippen LogP contribution < -0.4 is 10.6 Å². The van der Waals surface area contributed by atoms with Gasteiger partial charge < -0.3 is 15.5 Å². The number of halogens is 1. The number of rotatable bonds is 2. The molecule has 2 atom stereocenters. The van der Waals surface area contributed by atoms with E-state index in [4.69, 9.17) is 0 Å². The molecule has 3 rings (SSSR count). The number of amides is 2. The zero-order chi connectivity index (χ0) is 14.1. The average Bonchev–Trinajstić information content (AvgIpc) is 3.07. The second kappa shape index (κ2) is 6.45. The second-order valence-corrected chi connectivity index (χ2v) is 5.55. The SMILES string of the molecule is CNC(=O)c1cccc(C(=O)N2C[C@H]3CNC[C@H]3C2)c1.Cl. The van der Waals surface area contributed by atoms with Crippen LogP contribution in [-0.4, -0.2) is 49.9 Å². The maximum absolute atomic E-state index is 12.5. The van der Waals surface area contributed by atoms with Crippen LogP contribution >= 0.6 is 12.4 Å². The first-order valence-electron chi connectivity index (χ1n) is 7.01. The average molecular weight is 310 g/mol. The lowest BCUT2D eigenvalue weighted by Crippen LogP contribution is -2.32. The van der Waals surface area contributed by atoms with Gasteiger partial charge in [0.1, 0.15) is 0 Å². The van der Waals surface area contributed by atoms with Gasteiger partial charge in [0.2, 0.25) is 0 Å². The van der Waals surface area contributed by atoms with Gasteiger partial charge in [-0.15, -0.1) is 12.4 Å². The predicted molar refractivity (Wildman–Crippen MR) is 82.8 cm³/mol. The molecule has 2 saturated heterocycles. The minimum Gasteiger partial charge on any atom is -0.355 e. The van der Waals surface area contributed by atoms with E-state index in [2.05, 4.69) is 10.6 Å². The molecule has 2 fully saturated rings. The molecule has 0 unspecified atom stereocenters. The van der Waals surface area contributed by atoms with E-state index >= 15 is 0 Å². The third kappa shape index (κ3) is 3.04. The van der Waals surface area contributed by atoms with Crippen molar-refractivity contribution in [3.05, 3.63) is 35.4 Å². The van der Waals surface area contributed by atoms with Crippen molar-refractivity contribution in [3.8, 4) is 0 Å². The number of carbonyl (C=O) groups is 2. The second-order valence-electron chi connectivity index (χ2n) is 5.55. The van der Waals surface area contributed by atoms with Gasteiger partial charge in [0.05, 0.1) is 0 Å². The number of carbonyl (C=O) groups excluding carboxylic acids is 2. The summed E-state index contributed by atoms with van der Waals surface area (Å²) in [5.74, 6) is 1.04. The summed E-state index contributed by atoms with van der Waals surface area (Å²) in [5, 5.41) is 5.94. The van der Waals surface area contributed by atoms with Crippen molar-refractivity contribution in [1.29, 1.82) is 0 Å². The van der Waals surface area contributed by atoms with Gasteiger partial charge in [0, 0.05) is 44.4 Å². The van der Waals surface area contributed by atoms with Crippen molar-refractivity contribution in [1.82, 2.24) is 15.5 Å². The summed E-state index contributed by atoms with van der Waals surface area (Å²) in [6, 6.07) is 6.93. The Morgan fingerprint density at radius 3 is 2.43 bits per heavy atom. The highest BCUT2D eigenvalue weighted by Crippen LogP contribution is 2.27. The number of likely N-dealkylation sites (tertiary alicyclic amines) is 1. The minimum atomic E-state index is -0.165. The van der Waals surface area contributed by atoms with E-state index < -0.39 is 0 Å². The van der Waals surface area contributed by atoms with Gasteiger partial charge in [-0.3, -0.25) is 9.59 Å². The van der Waals surface area contributed by atoms with Crippen LogP contribution in [0.1, 0.15) is 20.7 Å². The predicted octanol–water partition coefficient (Wildman–Crippen LogP) is 0.759. The molecule has 0 saturated carbocycles. The van der Waals surface area contributed by atoms with Crippen LogP contribution in [0, 0.1) is 11.8 Å². The molecule has 2 N–H and O–H groups in total. The number of nitrogens with one attached hydrogen (secondary N) is 2. The Hall–Kier alpha value is -1.59. The van der Waals surface area contributed by atoms with Crippen LogP contribution in [0.5, 0.6) is 0 Å². The standard InChI is InChI=1S/C15H19N3O2.ClH/c1-16-14(19)10-3-2-4-11(5-10)15(20)18-8-12-6-17-7-13(12)9-18;/h2-5,12-13,17H,6-9H2,1H3,(H,16,19);1H/t12-,13+;. The van der Waals surface area contributed by atoms with Crippen LogP contribution in [0.2, 0.25) is 0 Å². The van der Waals surface area contributed by atoms with E-state index in [1.165, 1.54) is 0 Å². The highest BCUT2D eigenvalue weighted by molar-refractivity contribution is 5.99. The fraction of sp³-hybridized carbons (Fsp3) is 0.467. The third-order valence-electron chi connectivity index (χ3n) is 4.28. The molecule has 2 aliphatic rings. The van der Waals surface area contributed by atoms with Gasteiger partial charge in [0.15, 0.2) is 0 Å². The third-order valence-corrected chi connectivity index (χ3v) is 4.28. The summed E-state index contributed by atoms with van der Waals surface area (Å²) >= 11 is 0. The highest BCUT2D eigenvalue weighted by atomic mass is 35.5. The van der Waals surface area contributed by atoms with Gasteiger partial charge in [-0.1, -0.05) is 6.07 Å². The molecule has 0 aromatic heterocycles. The number of fused-ring (bicyclic) bond motifs is 1. The van der Waals surface area contributed by atoms with Crippen LogP contribution in [0.4, 0.5) is 0 Å². The lowest BCUT2D eigenvalue weighted by Gasteiger charge is -2.17. The number of nitrogens with zero attached hydrogens (tertiary/aromatic N) is 1. The summed E-state index contributed by atoms with van der Waals surface area (Å²) in [5.41, 5.74) is 1.12. The largest absolute Gasteiger partial charge is 0.355 e. The van der Waals surface area contributed by atoms with E-state index in [1.807, 2.05) is 4.90 Å². The summed E-state index contributed by atoms with van der Waals surface area (Å²) < 4.78 is 0. The van der Waals surface area contributed by atoms with Crippen LogP contribution in [-0.2, 0) is 0 Å². The van der Waals surface area contributed by atoms with Crippen molar-refractivity contribution >= 4 is 24.2 Å². The Morgan fingerprint density at radius 1 is 1.19 bits per heavy atom. The van der Waals surface area contributed by atoms with Gasteiger partial charge in [0.25, 0.3) is 11.8 Å². The lowest BCUT2D eigenvalue weighted by atomic mass is 10.0. The van der Waals surface area contributed by atoms with Crippen LogP contribution in [0.15, 0.2) is 24.3 Å². The van der Waals surface area contributed by atoms with Crippen molar-refractivity contribution in [2.75, 3.05) is 33.2 Å². The smallest absolute Gasteiger partial charge is 0.253 e. The first kappa shape index (κ1) is 15.8. The minimum absolute atomic E-state index is 0. The zero-order valence-electron chi connectivity index (χ0n) is 12.0. The fourth-order valence-electron chi connectivity index (χ4n) is 3.14. The van der Waals surface area contributed by atoms with Crippen molar-refractivity contribution in [2.24, 2.45) is 11.8 Å². The zero-order valence-corrected chi connectivity index (χ0v) is 12.8. The number of hydrogen-bond acceptors (Lipinski definition) is 3. The first-order valence-corrected chi connectivity index (χ1v) is 7.01. The molecule has 0 radical (unpaired) electrons. The molecule has 0 spiro atoms. The van der Waals surface area contributed by atoms with E-state index in [1.54, 1.807) is 31.3 Å². The Balaban J connectivity index is 0.00000161. The summed E-state index contributed by atoms with van der Waals surface area (Å²) in [4.78, 5) is 26.1. The monoisotopic (exact) mass is 309 g/mol. The molecular formula is C15H20ClN3O2. The van der Waals surface area contributed by atoms with Gasteiger partial charge in [-0.2, -0.15) is 0 Å². The van der Waals surface area contributed by atoms with Crippen LogP contribution in [0.3, 0.4) is 0 Å². The van der Waals surface area contributed by atoms with E-state index in [0.717, 1.165) is 26.2 Å². The maximum atomic E-state index is 12.5. The Bertz CT molecular complexity index is 537. The van der Waals surface area contributed by atoms with Crippen molar-refractivity contribution < 1.29 is 9.59 Å². The van der Waals surface area contributed by atoms with Crippen molar-refractivity contribution in [2.45, 2.75) is 0 Å². The van der Waals surface area contributed by atoms with Crippen LogP contribution in [0.25, 0.3) is 0 Å². The summed E-state index contributed by atoms with van der Waals surface area (Å²) in [6.45, 7) is 3.65. The molecule has 6 heteroatoms. The number of benzene rings is 1. The lowest BCUT2D eigenvalue weighted by molar-refractivity contribution is 0.0781. The topological polar surface area (TPSA) is 61.4 Å². The van der Waals surface area contributed by atoms with E-state index in [0.29, 0.717) is 23.0 Å². The molecule has 114 valence electrons. The maximum Gasteiger partial charge on any atom is 0.253 e. The molecule has 2 aliphatic heterocycles. The highest BCUT2D eigenvalue weighted by Gasteiger charge is 2.38. The molecule has 0 bridgehead atoms. The molecule has 1 aromatic carbocycles. The van der Waals surface area contributed by atoms with E-state index in [9.17, 15) is 9.59 Å². The quantitative estimate of drug-likeness (QED) is 0.848. The van der Waals surface area contributed by atoms with E-state index in [-0.39, 0.29) is 24.2 Å².